The van der Waals surface area contributed by atoms with Gasteiger partial charge in [0.05, 0.1) is 25.9 Å². The minimum Gasteiger partial charge on any atom is -0.486 e. The van der Waals surface area contributed by atoms with E-state index in [1.54, 1.807) is 12.1 Å². The quantitative estimate of drug-likeness (QED) is 0.834. The average molecular weight is 352 g/mol. The first-order valence-electron chi connectivity index (χ1n) is 8.80. The summed E-state index contributed by atoms with van der Waals surface area (Å²) in [5.41, 5.74) is 0. The number of halogens is 1. The first-order valence-corrected chi connectivity index (χ1v) is 8.80. The molecule has 25 heavy (non-hydrogen) atoms. The summed E-state index contributed by atoms with van der Waals surface area (Å²) in [7, 11) is 0. The molecule has 138 valence electrons. The highest BCUT2D eigenvalue weighted by atomic mass is 19.1. The molecule has 6 nitrogen and oxygen atoms in total. The van der Waals surface area contributed by atoms with Gasteiger partial charge in [0, 0.05) is 38.7 Å². The van der Waals surface area contributed by atoms with Crippen LogP contribution >= 0.6 is 0 Å². The van der Waals surface area contributed by atoms with Gasteiger partial charge in [-0.25, -0.2) is 4.39 Å². The van der Waals surface area contributed by atoms with Crippen molar-refractivity contribution in [2.45, 2.75) is 25.0 Å². The van der Waals surface area contributed by atoms with Crippen molar-refractivity contribution in [3.8, 4) is 5.75 Å². The fourth-order valence-electron chi connectivity index (χ4n) is 3.07. The van der Waals surface area contributed by atoms with Gasteiger partial charge in [0.2, 0.25) is 5.91 Å². The zero-order chi connectivity index (χ0) is 17.5. The van der Waals surface area contributed by atoms with Crippen LogP contribution in [0.3, 0.4) is 0 Å². The maximum atomic E-state index is 13.3. The van der Waals surface area contributed by atoms with Gasteiger partial charge >= 0.3 is 0 Å². The summed E-state index contributed by atoms with van der Waals surface area (Å²) in [4.78, 5) is 14.5. The Morgan fingerprint density at radius 1 is 1.28 bits per heavy atom. The molecule has 0 aliphatic carbocycles. The van der Waals surface area contributed by atoms with Crippen molar-refractivity contribution >= 4 is 5.91 Å². The van der Waals surface area contributed by atoms with E-state index in [9.17, 15) is 9.18 Å². The molecule has 2 heterocycles. The van der Waals surface area contributed by atoms with Crippen LogP contribution in [-0.2, 0) is 14.3 Å². The molecule has 1 N–H and O–H groups in total. The van der Waals surface area contributed by atoms with Crippen LogP contribution in [0.15, 0.2) is 24.3 Å². The molecule has 3 rings (SSSR count). The molecule has 2 aliphatic rings. The van der Waals surface area contributed by atoms with Crippen LogP contribution in [-0.4, -0.2) is 69.0 Å². The summed E-state index contributed by atoms with van der Waals surface area (Å²) >= 11 is 0. The molecular formula is C18H25FN2O4. The summed E-state index contributed by atoms with van der Waals surface area (Å²) < 4.78 is 29.9. The van der Waals surface area contributed by atoms with E-state index in [0.717, 1.165) is 32.8 Å². The lowest BCUT2D eigenvalue weighted by Gasteiger charge is -2.33. The maximum Gasteiger partial charge on any atom is 0.221 e. The van der Waals surface area contributed by atoms with Crippen LogP contribution in [0.1, 0.15) is 12.8 Å². The number of ether oxygens (including phenoxy) is 3. The lowest BCUT2D eigenvalue weighted by atomic mass is 10.1. The van der Waals surface area contributed by atoms with Crippen molar-refractivity contribution in [2.75, 3.05) is 46.1 Å². The Hall–Kier alpha value is -1.70. The number of morpholine rings is 1. The number of nitrogens with one attached hydrogen (secondary N) is 1. The Morgan fingerprint density at radius 3 is 2.92 bits per heavy atom. The van der Waals surface area contributed by atoms with E-state index >= 15 is 0 Å². The normalized spacial score (nSPS) is 24.7. The molecule has 1 amide bonds. The van der Waals surface area contributed by atoms with Crippen molar-refractivity contribution < 1.29 is 23.4 Å². The van der Waals surface area contributed by atoms with Crippen molar-refractivity contribution in [3.63, 3.8) is 0 Å². The molecule has 2 fully saturated rings. The lowest BCUT2D eigenvalue weighted by Crippen LogP contribution is -2.51. The van der Waals surface area contributed by atoms with E-state index in [2.05, 4.69) is 10.2 Å². The number of hydrogen-bond donors (Lipinski definition) is 1. The number of carbonyl (C=O) groups excluding carboxylic acids is 1. The van der Waals surface area contributed by atoms with E-state index in [-0.39, 0.29) is 23.9 Å². The molecule has 2 atom stereocenters. The predicted molar refractivity (Wildman–Crippen MR) is 90.1 cm³/mol. The Morgan fingerprint density at radius 2 is 2.12 bits per heavy atom. The molecule has 0 spiro atoms. The summed E-state index contributed by atoms with van der Waals surface area (Å²) in [6.07, 6.45) is 0.815. The van der Waals surface area contributed by atoms with Crippen molar-refractivity contribution in [1.29, 1.82) is 0 Å². The maximum absolute atomic E-state index is 13.3. The van der Waals surface area contributed by atoms with Gasteiger partial charge in [-0.15, -0.1) is 0 Å². The standard InChI is InChI=1S/C18H25FN2O4/c19-14-2-1-3-15(12-14)25-17-13-24-9-5-16(17)20-18(22)4-6-21-7-10-23-11-8-21/h1-3,12,16-17H,4-11,13H2,(H,20,22)/t16-,17-/m1/s1. The smallest absolute Gasteiger partial charge is 0.221 e. The van der Waals surface area contributed by atoms with Gasteiger partial charge < -0.3 is 19.5 Å². The van der Waals surface area contributed by atoms with E-state index in [4.69, 9.17) is 14.2 Å². The molecule has 1 aromatic carbocycles. The number of carbonyl (C=O) groups is 1. The second kappa shape index (κ2) is 9.12. The third-order valence-corrected chi connectivity index (χ3v) is 4.49. The highest BCUT2D eigenvalue weighted by Crippen LogP contribution is 2.19. The van der Waals surface area contributed by atoms with Crippen LogP contribution in [0.5, 0.6) is 5.75 Å². The molecule has 1 aromatic rings. The summed E-state index contributed by atoms with van der Waals surface area (Å²) in [5.74, 6) is 0.106. The minimum atomic E-state index is -0.347. The zero-order valence-electron chi connectivity index (χ0n) is 14.3. The summed E-state index contributed by atoms with van der Waals surface area (Å²) in [6, 6.07) is 5.88. The Bertz CT molecular complexity index is 566. The molecule has 2 saturated heterocycles. The van der Waals surface area contributed by atoms with Crippen molar-refractivity contribution in [3.05, 3.63) is 30.1 Å². The van der Waals surface area contributed by atoms with Gasteiger partial charge in [-0.3, -0.25) is 9.69 Å². The van der Waals surface area contributed by atoms with Crippen LogP contribution in [0.25, 0.3) is 0 Å². The molecular weight excluding hydrogens is 327 g/mol. The van der Waals surface area contributed by atoms with Crippen LogP contribution in [0, 0.1) is 5.82 Å². The Balaban J connectivity index is 1.49. The molecule has 0 bridgehead atoms. The molecule has 0 radical (unpaired) electrons. The van der Waals surface area contributed by atoms with Crippen LogP contribution in [0.4, 0.5) is 4.39 Å². The van der Waals surface area contributed by atoms with E-state index in [1.165, 1.54) is 12.1 Å². The second-order valence-electron chi connectivity index (χ2n) is 6.36. The van der Waals surface area contributed by atoms with Crippen LogP contribution < -0.4 is 10.1 Å². The van der Waals surface area contributed by atoms with Crippen molar-refractivity contribution in [1.82, 2.24) is 10.2 Å². The Kier molecular flexibility index (Phi) is 6.61. The van der Waals surface area contributed by atoms with Gasteiger partial charge in [0.1, 0.15) is 17.7 Å². The number of hydrogen-bond acceptors (Lipinski definition) is 5. The SMILES string of the molecule is O=C(CCN1CCOCC1)N[C@@H]1CCOC[C@H]1Oc1cccc(F)c1. The summed E-state index contributed by atoms with van der Waals surface area (Å²) in [6.45, 7) is 4.89. The zero-order valence-corrected chi connectivity index (χ0v) is 14.3. The highest BCUT2D eigenvalue weighted by Gasteiger charge is 2.29. The minimum absolute atomic E-state index is 0.00577. The van der Waals surface area contributed by atoms with E-state index in [0.29, 0.717) is 31.8 Å². The summed E-state index contributed by atoms with van der Waals surface area (Å²) in [5, 5.41) is 3.05. The lowest BCUT2D eigenvalue weighted by molar-refractivity contribution is -0.124. The molecule has 0 saturated carbocycles. The van der Waals surface area contributed by atoms with Gasteiger partial charge in [-0.2, -0.15) is 0 Å². The average Bonchev–Trinajstić information content (AvgIpc) is 2.63. The van der Waals surface area contributed by atoms with Gasteiger partial charge in [0.15, 0.2) is 0 Å². The number of amides is 1. The first kappa shape index (κ1) is 18.1. The fourth-order valence-corrected chi connectivity index (χ4v) is 3.07. The third-order valence-electron chi connectivity index (χ3n) is 4.49. The third kappa shape index (κ3) is 5.66. The van der Waals surface area contributed by atoms with Crippen LogP contribution in [0.2, 0.25) is 0 Å². The van der Waals surface area contributed by atoms with Crippen molar-refractivity contribution in [2.24, 2.45) is 0 Å². The van der Waals surface area contributed by atoms with E-state index in [1.807, 2.05) is 0 Å². The highest BCUT2D eigenvalue weighted by molar-refractivity contribution is 5.76. The largest absolute Gasteiger partial charge is 0.486 e. The predicted octanol–water partition coefficient (Wildman–Crippen LogP) is 1.20. The monoisotopic (exact) mass is 352 g/mol. The molecule has 2 aliphatic heterocycles. The number of nitrogens with zero attached hydrogens (tertiary/aromatic N) is 1. The molecule has 7 heteroatoms. The topological polar surface area (TPSA) is 60.0 Å². The molecule has 0 unspecified atom stereocenters. The molecule has 0 aromatic heterocycles. The fraction of sp³-hybridized carbons (Fsp3) is 0.611. The van der Waals surface area contributed by atoms with E-state index < -0.39 is 0 Å². The van der Waals surface area contributed by atoms with Gasteiger partial charge in [-0.05, 0) is 18.6 Å². The van der Waals surface area contributed by atoms with Gasteiger partial charge in [-0.1, -0.05) is 6.07 Å². The number of benzene rings is 1. The Labute approximate surface area is 147 Å². The van der Waals surface area contributed by atoms with Gasteiger partial charge in [0.25, 0.3) is 0 Å². The first-order chi connectivity index (χ1) is 12.2. The number of rotatable bonds is 6. The second-order valence-corrected chi connectivity index (χ2v) is 6.36.